The first-order chi connectivity index (χ1) is 10.8. The molecule has 1 rings (SSSR count). The summed E-state index contributed by atoms with van der Waals surface area (Å²) in [7, 11) is 0. The molecule has 1 aromatic rings. The lowest BCUT2D eigenvalue weighted by molar-refractivity contribution is -0.142. The highest BCUT2D eigenvalue weighted by atomic mass is 16.5. The molecule has 0 aliphatic carbocycles. The number of carbonyl (C=O) groups is 2. The van der Waals surface area contributed by atoms with E-state index >= 15 is 0 Å². The normalized spacial score (nSPS) is 12.0. The van der Waals surface area contributed by atoms with E-state index in [0.717, 1.165) is 11.1 Å². The third-order valence-electron chi connectivity index (χ3n) is 3.32. The number of aliphatic carboxylic acids is 1. The van der Waals surface area contributed by atoms with Crippen molar-refractivity contribution in [3.8, 4) is 5.75 Å². The summed E-state index contributed by atoms with van der Waals surface area (Å²) in [4.78, 5) is 22.2. The average Bonchev–Trinajstić information content (AvgIpc) is 2.48. The van der Waals surface area contributed by atoms with Gasteiger partial charge in [0.2, 0.25) is 0 Å². The van der Waals surface area contributed by atoms with Crippen LogP contribution in [0.25, 0.3) is 0 Å². The minimum Gasteiger partial charge on any atom is -0.481 e. The molecule has 0 radical (unpaired) electrons. The standard InChI is InChI=1S/C17H25NO5/c1-11(2)14-6-5-12(3)15(9-14)23-13(4)17(21)18-7-8-22-10-16(19)20/h5-6,9,11,13H,7-8,10H2,1-4H3,(H,18,21)(H,19,20). The Morgan fingerprint density at radius 2 is 1.96 bits per heavy atom. The number of carbonyl (C=O) groups excluding carboxylic acids is 1. The maximum atomic E-state index is 12.0. The number of rotatable bonds is 9. The van der Waals surface area contributed by atoms with Crippen LogP contribution in [0.5, 0.6) is 5.75 Å². The molecule has 1 amide bonds. The van der Waals surface area contributed by atoms with Gasteiger partial charge in [-0.05, 0) is 37.0 Å². The maximum absolute atomic E-state index is 12.0. The molecule has 6 heteroatoms. The highest BCUT2D eigenvalue weighted by molar-refractivity contribution is 5.80. The zero-order valence-electron chi connectivity index (χ0n) is 14.1. The summed E-state index contributed by atoms with van der Waals surface area (Å²) in [6.45, 7) is 7.82. The van der Waals surface area contributed by atoms with Gasteiger partial charge in [-0.3, -0.25) is 4.79 Å². The van der Waals surface area contributed by atoms with Crippen LogP contribution < -0.4 is 10.1 Å². The molecule has 0 spiro atoms. The molecule has 0 fully saturated rings. The number of hydrogen-bond donors (Lipinski definition) is 2. The van der Waals surface area contributed by atoms with Gasteiger partial charge < -0.3 is 19.9 Å². The van der Waals surface area contributed by atoms with Crippen LogP contribution in [0.2, 0.25) is 0 Å². The lowest BCUT2D eigenvalue weighted by Gasteiger charge is -2.18. The van der Waals surface area contributed by atoms with Crippen LogP contribution in [0.1, 0.15) is 37.8 Å². The fourth-order valence-corrected chi connectivity index (χ4v) is 1.90. The molecular formula is C17H25NO5. The van der Waals surface area contributed by atoms with Gasteiger partial charge in [-0.1, -0.05) is 26.0 Å². The third-order valence-corrected chi connectivity index (χ3v) is 3.32. The predicted molar refractivity (Wildman–Crippen MR) is 86.8 cm³/mol. The van der Waals surface area contributed by atoms with E-state index in [1.807, 2.05) is 19.1 Å². The summed E-state index contributed by atoms with van der Waals surface area (Å²) in [5, 5.41) is 11.1. The Kier molecular flexibility index (Phi) is 7.54. The monoisotopic (exact) mass is 323 g/mol. The van der Waals surface area contributed by atoms with Crippen molar-refractivity contribution in [1.82, 2.24) is 5.32 Å². The molecule has 0 saturated heterocycles. The molecule has 1 unspecified atom stereocenters. The van der Waals surface area contributed by atoms with Gasteiger partial charge >= 0.3 is 5.97 Å². The van der Waals surface area contributed by atoms with Crippen molar-refractivity contribution in [3.05, 3.63) is 29.3 Å². The van der Waals surface area contributed by atoms with Gasteiger partial charge in [0, 0.05) is 6.54 Å². The third kappa shape index (κ3) is 6.69. The second-order valence-electron chi connectivity index (χ2n) is 5.68. The van der Waals surface area contributed by atoms with Crippen LogP contribution in [0.4, 0.5) is 0 Å². The van der Waals surface area contributed by atoms with Gasteiger partial charge in [0.25, 0.3) is 5.91 Å². The minimum atomic E-state index is -1.03. The van der Waals surface area contributed by atoms with Crippen LogP contribution in [-0.2, 0) is 14.3 Å². The molecule has 1 atom stereocenters. The Bertz CT molecular complexity index is 542. The summed E-state index contributed by atoms with van der Waals surface area (Å²) in [5.41, 5.74) is 2.12. The van der Waals surface area contributed by atoms with Crippen LogP contribution in [0.15, 0.2) is 18.2 Å². The predicted octanol–water partition coefficient (Wildman–Crippen LogP) is 2.10. The van der Waals surface area contributed by atoms with E-state index in [-0.39, 0.29) is 25.7 Å². The van der Waals surface area contributed by atoms with Crippen molar-refractivity contribution in [2.45, 2.75) is 39.7 Å². The Hall–Kier alpha value is -2.08. The molecule has 0 aromatic heterocycles. The zero-order valence-corrected chi connectivity index (χ0v) is 14.1. The number of carboxylic acids is 1. The fourth-order valence-electron chi connectivity index (χ4n) is 1.90. The number of aryl methyl sites for hydroxylation is 1. The fraction of sp³-hybridized carbons (Fsp3) is 0.529. The average molecular weight is 323 g/mol. The summed E-state index contributed by atoms with van der Waals surface area (Å²) in [5.74, 6) is -0.221. The lowest BCUT2D eigenvalue weighted by Crippen LogP contribution is -2.38. The van der Waals surface area contributed by atoms with E-state index in [1.165, 1.54) is 0 Å². The van der Waals surface area contributed by atoms with Crippen molar-refractivity contribution in [2.24, 2.45) is 0 Å². The molecule has 0 saturated carbocycles. The Morgan fingerprint density at radius 1 is 1.26 bits per heavy atom. The maximum Gasteiger partial charge on any atom is 0.329 e. The van der Waals surface area contributed by atoms with Gasteiger partial charge in [-0.2, -0.15) is 0 Å². The molecule has 0 aliphatic rings. The topological polar surface area (TPSA) is 84.9 Å². The number of amides is 1. The first kappa shape index (κ1) is 19.0. The van der Waals surface area contributed by atoms with E-state index in [9.17, 15) is 9.59 Å². The van der Waals surface area contributed by atoms with Crippen LogP contribution in [0.3, 0.4) is 0 Å². The number of benzene rings is 1. The largest absolute Gasteiger partial charge is 0.481 e. The molecule has 0 heterocycles. The van der Waals surface area contributed by atoms with Crippen LogP contribution >= 0.6 is 0 Å². The Morgan fingerprint density at radius 3 is 2.57 bits per heavy atom. The Balaban J connectivity index is 2.48. The summed E-state index contributed by atoms with van der Waals surface area (Å²) >= 11 is 0. The number of carboxylic acid groups (broad SMARTS) is 1. The molecule has 0 aliphatic heterocycles. The summed E-state index contributed by atoms with van der Waals surface area (Å²) in [6.07, 6.45) is -0.643. The van der Waals surface area contributed by atoms with E-state index in [0.29, 0.717) is 11.7 Å². The first-order valence-electron chi connectivity index (χ1n) is 7.65. The second-order valence-corrected chi connectivity index (χ2v) is 5.68. The number of hydrogen-bond acceptors (Lipinski definition) is 4. The first-order valence-corrected chi connectivity index (χ1v) is 7.65. The molecular weight excluding hydrogens is 298 g/mol. The van der Waals surface area contributed by atoms with Gasteiger partial charge in [-0.25, -0.2) is 4.79 Å². The quantitative estimate of drug-likeness (QED) is 0.680. The second kappa shape index (κ2) is 9.15. The van der Waals surface area contributed by atoms with Crippen LogP contribution in [0, 0.1) is 6.92 Å². The van der Waals surface area contributed by atoms with Crippen molar-refractivity contribution < 1.29 is 24.2 Å². The number of ether oxygens (including phenoxy) is 2. The zero-order chi connectivity index (χ0) is 17.4. The van der Waals surface area contributed by atoms with Gasteiger partial charge in [0.15, 0.2) is 6.10 Å². The Labute approximate surface area is 136 Å². The highest BCUT2D eigenvalue weighted by Crippen LogP contribution is 2.25. The van der Waals surface area contributed by atoms with Gasteiger partial charge in [-0.15, -0.1) is 0 Å². The summed E-state index contributed by atoms with van der Waals surface area (Å²) < 4.78 is 10.6. The minimum absolute atomic E-state index is 0.145. The molecule has 128 valence electrons. The van der Waals surface area contributed by atoms with Crippen molar-refractivity contribution in [3.63, 3.8) is 0 Å². The molecule has 0 bridgehead atoms. The number of nitrogens with one attached hydrogen (secondary N) is 1. The van der Waals surface area contributed by atoms with Gasteiger partial charge in [0.1, 0.15) is 12.4 Å². The van der Waals surface area contributed by atoms with Gasteiger partial charge in [0.05, 0.1) is 6.61 Å². The van der Waals surface area contributed by atoms with Crippen LogP contribution in [-0.4, -0.2) is 42.8 Å². The van der Waals surface area contributed by atoms with Crippen molar-refractivity contribution in [1.29, 1.82) is 0 Å². The van der Waals surface area contributed by atoms with E-state index < -0.39 is 12.1 Å². The highest BCUT2D eigenvalue weighted by Gasteiger charge is 2.16. The lowest BCUT2D eigenvalue weighted by atomic mass is 10.0. The van der Waals surface area contributed by atoms with Crippen molar-refractivity contribution >= 4 is 11.9 Å². The molecule has 23 heavy (non-hydrogen) atoms. The smallest absolute Gasteiger partial charge is 0.329 e. The SMILES string of the molecule is Cc1ccc(C(C)C)cc1OC(C)C(=O)NCCOCC(=O)O. The molecule has 6 nitrogen and oxygen atoms in total. The van der Waals surface area contributed by atoms with Crippen molar-refractivity contribution in [2.75, 3.05) is 19.8 Å². The molecule has 1 aromatic carbocycles. The summed E-state index contributed by atoms with van der Waals surface area (Å²) in [6, 6.07) is 5.99. The van der Waals surface area contributed by atoms with E-state index in [2.05, 4.69) is 25.2 Å². The molecule has 2 N–H and O–H groups in total. The van der Waals surface area contributed by atoms with E-state index in [1.54, 1.807) is 6.92 Å². The van der Waals surface area contributed by atoms with E-state index in [4.69, 9.17) is 14.6 Å².